The molecule has 1 heterocycles. The minimum Gasteiger partial charge on any atom is -0.370 e. The van der Waals surface area contributed by atoms with Crippen molar-refractivity contribution < 1.29 is 0 Å². The summed E-state index contributed by atoms with van der Waals surface area (Å²) in [5, 5.41) is 0. The molecule has 3 nitrogen and oxygen atoms in total. The molecule has 1 aliphatic heterocycles. The molecule has 1 aliphatic rings. The minimum atomic E-state index is 0.713. The van der Waals surface area contributed by atoms with E-state index in [2.05, 4.69) is 40.2 Å². The summed E-state index contributed by atoms with van der Waals surface area (Å²) in [6.07, 6.45) is 1.22. The lowest BCUT2D eigenvalue weighted by atomic mass is 10.2. The second-order valence-electron chi connectivity index (χ2n) is 4.56. The van der Waals surface area contributed by atoms with E-state index in [-0.39, 0.29) is 0 Å². The number of guanidine groups is 1. The third-order valence-corrected chi connectivity index (χ3v) is 4.40. The smallest absolute Gasteiger partial charge is 0.191 e. The first-order chi connectivity index (χ1) is 8.79. The van der Waals surface area contributed by atoms with Crippen LogP contribution in [-0.2, 0) is 0 Å². The molecule has 1 atom stereocenters. The van der Waals surface area contributed by atoms with Gasteiger partial charge in [0.05, 0.1) is 0 Å². The first-order valence-electron chi connectivity index (χ1n) is 6.52. The van der Waals surface area contributed by atoms with Gasteiger partial charge < -0.3 is 10.6 Å². The average Bonchev–Trinajstić information content (AvgIpc) is 2.87. The number of nitrogens with two attached hydrogens (primary N) is 1. The SMILES string of the molecule is CCN=C(N)N1CCC(CSc2ccccc2)C1. The number of nitrogens with zero attached hydrogens (tertiary/aromatic N) is 2. The van der Waals surface area contributed by atoms with Crippen molar-refractivity contribution in [1.29, 1.82) is 0 Å². The van der Waals surface area contributed by atoms with E-state index in [0.717, 1.165) is 25.6 Å². The van der Waals surface area contributed by atoms with Crippen molar-refractivity contribution in [2.45, 2.75) is 18.2 Å². The topological polar surface area (TPSA) is 41.6 Å². The lowest BCUT2D eigenvalue weighted by Crippen LogP contribution is -2.35. The summed E-state index contributed by atoms with van der Waals surface area (Å²) < 4.78 is 0. The Kier molecular flexibility index (Phi) is 4.93. The predicted octanol–water partition coefficient (Wildman–Crippen LogP) is 2.44. The highest BCUT2D eigenvalue weighted by molar-refractivity contribution is 7.99. The molecule has 0 saturated carbocycles. The lowest BCUT2D eigenvalue weighted by molar-refractivity contribution is 0.489. The van der Waals surface area contributed by atoms with Gasteiger partial charge in [-0.2, -0.15) is 0 Å². The van der Waals surface area contributed by atoms with Crippen LogP contribution in [0, 0.1) is 5.92 Å². The third-order valence-electron chi connectivity index (χ3n) is 3.16. The van der Waals surface area contributed by atoms with E-state index in [0.29, 0.717) is 5.96 Å². The lowest BCUT2D eigenvalue weighted by Gasteiger charge is -2.17. The predicted molar refractivity (Wildman–Crippen MR) is 79.0 cm³/mol. The van der Waals surface area contributed by atoms with Gasteiger partial charge in [0, 0.05) is 30.3 Å². The highest BCUT2D eigenvalue weighted by Crippen LogP contribution is 2.25. The molecule has 2 rings (SSSR count). The Morgan fingerprint density at radius 3 is 2.94 bits per heavy atom. The van der Waals surface area contributed by atoms with Crippen LogP contribution in [0.2, 0.25) is 0 Å². The van der Waals surface area contributed by atoms with Crippen molar-refractivity contribution >= 4 is 17.7 Å². The fraction of sp³-hybridized carbons (Fsp3) is 0.500. The molecule has 98 valence electrons. The van der Waals surface area contributed by atoms with Crippen molar-refractivity contribution in [3.8, 4) is 0 Å². The van der Waals surface area contributed by atoms with Crippen molar-refractivity contribution in [3.05, 3.63) is 30.3 Å². The Hall–Kier alpha value is -1.16. The van der Waals surface area contributed by atoms with Crippen LogP contribution in [-0.4, -0.2) is 36.2 Å². The number of aliphatic imine (C=N–C) groups is 1. The molecule has 0 aliphatic carbocycles. The van der Waals surface area contributed by atoms with E-state index < -0.39 is 0 Å². The van der Waals surface area contributed by atoms with Gasteiger partial charge in [0.2, 0.25) is 0 Å². The number of benzene rings is 1. The van der Waals surface area contributed by atoms with Gasteiger partial charge in [-0.3, -0.25) is 4.99 Å². The molecule has 1 fully saturated rings. The molecule has 1 unspecified atom stereocenters. The zero-order valence-corrected chi connectivity index (χ0v) is 11.7. The Labute approximate surface area is 113 Å². The van der Waals surface area contributed by atoms with Gasteiger partial charge in [-0.25, -0.2) is 0 Å². The Bertz CT molecular complexity index is 391. The second-order valence-corrected chi connectivity index (χ2v) is 5.65. The van der Waals surface area contributed by atoms with Gasteiger partial charge in [0.25, 0.3) is 0 Å². The van der Waals surface area contributed by atoms with Gasteiger partial charge >= 0.3 is 0 Å². The molecule has 1 aromatic carbocycles. The normalized spacial score (nSPS) is 20.4. The number of thioether (sulfide) groups is 1. The first kappa shape index (κ1) is 13.3. The van der Waals surface area contributed by atoms with E-state index in [1.54, 1.807) is 0 Å². The highest BCUT2D eigenvalue weighted by Gasteiger charge is 2.23. The zero-order valence-electron chi connectivity index (χ0n) is 10.9. The van der Waals surface area contributed by atoms with Gasteiger partial charge in [0.1, 0.15) is 0 Å². The molecule has 0 aromatic heterocycles. The van der Waals surface area contributed by atoms with Crippen LogP contribution in [0.25, 0.3) is 0 Å². The van der Waals surface area contributed by atoms with E-state index in [4.69, 9.17) is 5.73 Å². The number of rotatable bonds is 4. The van der Waals surface area contributed by atoms with Crippen molar-refractivity contribution in [1.82, 2.24) is 4.90 Å². The fourth-order valence-corrected chi connectivity index (χ4v) is 3.22. The minimum absolute atomic E-state index is 0.713. The average molecular weight is 263 g/mol. The molecule has 4 heteroatoms. The number of hydrogen-bond donors (Lipinski definition) is 1. The molecule has 18 heavy (non-hydrogen) atoms. The van der Waals surface area contributed by atoms with E-state index in [1.807, 2.05) is 18.7 Å². The molecule has 0 radical (unpaired) electrons. The standard InChI is InChI=1S/C14H21N3S/c1-2-16-14(15)17-9-8-12(10-17)11-18-13-6-4-3-5-7-13/h3-7,12H,2,8-11H2,1H3,(H2,15,16). The summed E-state index contributed by atoms with van der Waals surface area (Å²) in [6, 6.07) is 10.6. The van der Waals surface area contributed by atoms with Gasteiger partial charge in [-0.05, 0) is 31.4 Å². The van der Waals surface area contributed by atoms with Crippen molar-refractivity contribution in [2.24, 2.45) is 16.6 Å². The number of likely N-dealkylation sites (tertiary alicyclic amines) is 1. The first-order valence-corrected chi connectivity index (χ1v) is 7.51. The summed E-state index contributed by atoms with van der Waals surface area (Å²) in [6.45, 7) is 4.89. The van der Waals surface area contributed by atoms with Gasteiger partial charge in [-0.15, -0.1) is 11.8 Å². The van der Waals surface area contributed by atoms with Crippen LogP contribution in [0.4, 0.5) is 0 Å². The second kappa shape index (κ2) is 6.69. The summed E-state index contributed by atoms with van der Waals surface area (Å²) in [7, 11) is 0. The Morgan fingerprint density at radius 2 is 2.22 bits per heavy atom. The van der Waals surface area contributed by atoms with Crippen LogP contribution < -0.4 is 5.73 Å². The summed E-state index contributed by atoms with van der Waals surface area (Å²) in [5.74, 6) is 2.60. The van der Waals surface area contributed by atoms with Crippen LogP contribution >= 0.6 is 11.8 Å². The van der Waals surface area contributed by atoms with E-state index in [9.17, 15) is 0 Å². The molecule has 0 bridgehead atoms. The quantitative estimate of drug-likeness (QED) is 0.515. The third kappa shape index (κ3) is 3.67. The van der Waals surface area contributed by atoms with E-state index in [1.165, 1.54) is 17.1 Å². The highest BCUT2D eigenvalue weighted by atomic mass is 32.2. The van der Waals surface area contributed by atoms with Crippen LogP contribution in [0.5, 0.6) is 0 Å². The molecule has 0 amide bonds. The Morgan fingerprint density at radius 1 is 1.44 bits per heavy atom. The van der Waals surface area contributed by atoms with Crippen molar-refractivity contribution in [3.63, 3.8) is 0 Å². The maximum Gasteiger partial charge on any atom is 0.191 e. The van der Waals surface area contributed by atoms with Crippen LogP contribution in [0.3, 0.4) is 0 Å². The zero-order chi connectivity index (χ0) is 12.8. The molecule has 1 aromatic rings. The molecule has 0 spiro atoms. The largest absolute Gasteiger partial charge is 0.370 e. The molecule has 2 N–H and O–H groups in total. The molecular formula is C14H21N3S. The molecule has 1 saturated heterocycles. The maximum atomic E-state index is 5.93. The summed E-state index contributed by atoms with van der Waals surface area (Å²) in [4.78, 5) is 7.83. The van der Waals surface area contributed by atoms with Crippen molar-refractivity contribution in [2.75, 3.05) is 25.4 Å². The monoisotopic (exact) mass is 263 g/mol. The molecular weight excluding hydrogens is 242 g/mol. The summed E-state index contributed by atoms with van der Waals surface area (Å²) in [5.41, 5.74) is 5.93. The van der Waals surface area contributed by atoms with Crippen LogP contribution in [0.15, 0.2) is 40.2 Å². The fourth-order valence-electron chi connectivity index (χ4n) is 2.17. The van der Waals surface area contributed by atoms with Crippen LogP contribution in [0.1, 0.15) is 13.3 Å². The van der Waals surface area contributed by atoms with E-state index >= 15 is 0 Å². The van der Waals surface area contributed by atoms with Gasteiger partial charge in [-0.1, -0.05) is 18.2 Å². The Balaban J connectivity index is 1.78. The maximum absolute atomic E-state index is 5.93. The number of hydrogen-bond acceptors (Lipinski definition) is 2. The van der Waals surface area contributed by atoms with Gasteiger partial charge in [0.15, 0.2) is 5.96 Å². The summed E-state index contributed by atoms with van der Waals surface area (Å²) >= 11 is 1.94.